The van der Waals surface area contributed by atoms with E-state index < -0.39 is 0 Å². The third-order valence-electron chi connectivity index (χ3n) is 3.67. The lowest BCUT2D eigenvalue weighted by Crippen LogP contribution is -2.22. The highest BCUT2D eigenvalue weighted by molar-refractivity contribution is 6.31. The first-order valence-electron chi connectivity index (χ1n) is 7.83. The Labute approximate surface area is 127 Å². The molecule has 0 amide bonds. The van der Waals surface area contributed by atoms with Crippen LogP contribution in [0.25, 0.3) is 0 Å². The van der Waals surface area contributed by atoms with Crippen molar-refractivity contribution in [3.63, 3.8) is 0 Å². The molecule has 0 spiro atoms. The molecule has 1 unspecified atom stereocenters. The summed E-state index contributed by atoms with van der Waals surface area (Å²) in [5.41, 5.74) is 6.93. The minimum Gasteiger partial charge on any atom is -0.327 e. The van der Waals surface area contributed by atoms with Gasteiger partial charge < -0.3 is 5.73 Å². The Hall–Kier alpha value is -0.600. The van der Waals surface area contributed by atoms with Crippen LogP contribution in [0.5, 0.6) is 0 Å². The number of benzene rings is 1. The van der Waals surface area contributed by atoms with Crippen LogP contribution in [0.4, 0.5) is 4.39 Å². The topological polar surface area (TPSA) is 26.0 Å². The lowest BCUT2D eigenvalue weighted by atomic mass is 10.00. The molecular weight excluding hydrogens is 273 g/mol. The zero-order valence-corrected chi connectivity index (χ0v) is 13.3. The van der Waals surface area contributed by atoms with E-state index in [9.17, 15) is 4.39 Å². The van der Waals surface area contributed by atoms with E-state index in [1.807, 2.05) is 0 Å². The number of rotatable bonds is 10. The summed E-state index contributed by atoms with van der Waals surface area (Å²) in [5.74, 6) is -0.243. The molecule has 0 bridgehead atoms. The normalized spacial score (nSPS) is 12.6. The molecule has 0 aromatic heterocycles. The highest BCUT2D eigenvalue weighted by Gasteiger charge is 2.08. The maximum Gasteiger partial charge on any atom is 0.123 e. The number of unbranched alkanes of at least 4 members (excludes halogenated alkanes) is 6. The molecule has 0 aliphatic rings. The molecule has 1 aromatic carbocycles. The first kappa shape index (κ1) is 17.5. The monoisotopic (exact) mass is 299 g/mol. The summed E-state index contributed by atoms with van der Waals surface area (Å²) in [7, 11) is 0. The molecule has 0 saturated carbocycles. The van der Waals surface area contributed by atoms with Crippen LogP contribution < -0.4 is 5.73 Å². The first-order chi connectivity index (χ1) is 9.63. The number of nitrogens with two attached hydrogens (primary N) is 1. The summed E-state index contributed by atoms with van der Waals surface area (Å²) in [4.78, 5) is 0. The average molecular weight is 300 g/mol. The second kappa shape index (κ2) is 10.2. The highest BCUT2D eigenvalue weighted by Crippen LogP contribution is 2.19. The SMILES string of the molecule is CCCCCCCCCC(N)Cc1cc(F)ccc1Cl. The van der Waals surface area contributed by atoms with Crippen LogP contribution in [0.2, 0.25) is 5.02 Å². The van der Waals surface area contributed by atoms with Gasteiger partial charge in [-0.2, -0.15) is 0 Å². The second-order valence-corrected chi connectivity index (χ2v) is 6.02. The molecule has 0 heterocycles. The van der Waals surface area contributed by atoms with Crippen LogP contribution in [0.15, 0.2) is 18.2 Å². The third-order valence-corrected chi connectivity index (χ3v) is 4.04. The second-order valence-electron chi connectivity index (χ2n) is 5.61. The van der Waals surface area contributed by atoms with Gasteiger partial charge in [0, 0.05) is 11.1 Å². The third kappa shape index (κ3) is 7.25. The molecule has 0 fully saturated rings. The number of hydrogen-bond donors (Lipinski definition) is 1. The van der Waals surface area contributed by atoms with Crippen LogP contribution in [-0.4, -0.2) is 6.04 Å². The van der Waals surface area contributed by atoms with Crippen molar-refractivity contribution in [2.45, 2.75) is 70.8 Å². The Kier molecular flexibility index (Phi) is 8.88. The molecule has 1 aromatic rings. The van der Waals surface area contributed by atoms with E-state index in [0.29, 0.717) is 11.4 Å². The van der Waals surface area contributed by atoms with E-state index in [-0.39, 0.29) is 11.9 Å². The highest BCUT2D eigenvalue weighted by atomic mass is 35.5. The Morgan fingerprint density at radius 2 is 1.75 bits per heavy atom. The number of halogens is 2. The molecule has 0 radical (unpaired) electrons. The van der Waals surface area contributed by atoms with Gasteiger partial charge in [-0.05, 0) is 36.6 Å². The van der Waals surface area contributed by atoms with Crippen molar-refractivity contribution in [1.82, 2.24) is 0 Å². The molecule has 0 aliphatic carbocycles. The standard InChI is InChI=1S/C17H27ClFN/c1-2-3-4-5-6-7-8-9-16(20)13-14-12-15(19)10-11-17(14)18/h10-12,16H,2-9,13,20H2,1H3. The van der Waals surface area contributed by atoms with Gasteiger partial charge in [0.2, 0.25) is 0 Å². The summed E-state index contributed by atoms with van der Waals surface area (Å²) in [6.45, 7) is 2.23. The van der Waals surface area contributed by atoms with Gasteiger partial charge in [-0.25, -0.2) is 4.39 Å². The molecular formula is C17H27ClFN. The largest absolute Gasteiger partial charge is 0.327 e. The summed E-state index contributed by atoms with van der Waals surface area (Å²) in [5, 5.41) is 0.612. The van der Waals surface area contributed by atoms with Gasteiger partial charge >= 0.3 is 0 Å². The van der Waals surface area contributed by atoms with Crippen LogP contribution in [0.3, 0.4) is 0 Å². The summed E-state index contributed by atoms with van der Waals surface area (Å²) < 4.78 is 13.2. The maximum absolute atomic E-state index is 13.2. The van der Waals surface area contributed by atoms with Crippen LogP contribution in [0.1, 0.15) is 63.9 Å². The molecule has 0 saturated heterocycles. The van der Waals surface area contributed by atoms with E-state index in [2.05, 4.69) is 6.92 Å². The van der Waals surface area contributed by atoms with Crippen LogP contribution in [-0.2, 0) is 6.42 Å². The van der Waals surface area contributed by atoms with Crippen LogP contribution >= 0.6 is 11.6 Å². The summed E-state index contributed by atoms with van der Waals surface area (Å²) >= 11 is 6.05. The van der Waals surface area contributed by atoms with Crippen molar-refractivity contribution >= 4 is 11.6 Å². The Balaban J connectivity index is 2.17. The van der Waals surface area contributed by atoms with E-state index in [1.54, 1.807) is 6.07 Å². The van der Waals surface area contributed by atoms with Crippen molar-refractivity contribution in [2.24, 2.45) is 5.73 Å². The summed E-state index contributed by atoms with van der Waals surface area (Å²) in [6, 6.07) is 4.55. The van der Waals surface area contributed by atoms with E-state index >= 15 is 0 Å². The molecule has 1 rings (SSSR count). The quantitative estimate of drug-likeness (QED) is 0.568. The fraction of sp³-hybridized carbons (Fsp3) is 0.647. The van der Waals surface area contributed by atoms with Crippen molar-refractivity contribution in [2.75, 3.05) is 0 Å². The molecule has 1 atom stereocenters. The minimum absolute atomic E-state index is 0.0740. The van der Waals surface area contributed by atoms with E-state index in [0.717, 1.165) is 18.4 Å². The van der Waals surface area contributed by atoms with Gasteiger partial charge in [0.15, 0.2) is 0 Å². The van der Waals surface area contributed by atoms with Gasteiger partial charge in [-0.1, -0.05) is 63.5 Å². The molecule has 114 valence electrons. The lowest BCUT2D eigenvalue weighted by Gasteiger charge is -2.12. The summed E-state index contributed by atoms with van der Waals surface area (Å²) in [6.07, 6.45) is 10.7. The number of hydrogen-bond acceptors (Lipinski definition) is 1. The minimum atomic E-state index is -0.243. The molecule has 0 aliphatic heterocycles. The zero-order chi connectivity index (χ0) is 14.8. The van der Waals surface area contributed by atoms with Gasteiger partial charge in [0.05, 0.1) is 0 Å². The Morgan fingerprint density at radius 3 is 2.45 bits per heavy atom. The smallest absolute Gasteiger partial charge is 0.123 e. The van der Waals surface area contributed by atoms with Gasteiger partial charge in [0.1, 0.15) is 5.82 Å². The fourth-order valence-corrected chi connectivity index (χ4v) is 2.64. The van der Waals surface area contributed by atoms with E-state index in [1.165, 1.54) is 50.7 Å². The fourth-order valence-electron chi connectivity index (χ4n) is 2.45. The van der Waals surface area contributed by atoms with Gasteiger partial charge in [-0.3, -0.25) is 0 Å². The first-order valence-corrected chi connectivity index (χ1v) is 8.20. The van der Waals surface area contributed by atoms with Crippen molar-refractivity contribution in [1.29, 1.82) is 0 Å². The maximum atomic E-state index is 13.2. The van der Waals surface area contributed by atoms with Crippen molar-refractivity contribution in [3.8, 4) is 0 Å². The predicted octanol–water partition coefficient (Wildman–Crippen LogP) is 5.49. The van der Waals surface area contributed by atoms with Gasteiger partial charge in [-0.15, -0.1) is 0 Å². The zero-order valence-electron chi connectivity index (χ0n) is 12.5. The Bertz CT molecular complexity index is 381. The Morgan fingerprint density at radius 1 is 1.10 bits per heavy atom. The van der Waals surface area contributed by atoms with Crippen LogP contribution in [0, 0.1) is 5.82 Å². The molecule has 1 nitrogen and oxygen atoms in total. The lowest BCUT2D eigenvalue weighted by molar-refractivity contribution is 0.527. The van der Waals surface area contributed by atoms with Crippen molar-refractivity contribution in [3.05, 3.63) is 34.6 Å². The molecule has 3 heteroatoms. The van der Waals surface area contributed by atoms with E-state index in [4.69, 9.17) is 17.3 Å². The average Bonchev–Trinajstić information content (AvgIpc) is 2.42. The van der Waals surface area contributed by atoms with Crippen molar-refractivity contribution < 1.29 is 4.39 Å². The molecule has 2 N–H and O–H groups in total. The molecule has 20 heavy (non-hydrogen) atoms. The van der Waals surface area contributed by atoms with Gasteiger partial charge in [0.25, 0.3) is 0 Å². The predicted molar refractivity (Wildman–Crippen MR) is 85.7 cm³/mol.